The van der Waals surface area contributed by atoms with Gasteiger partial charge in [-0.05, 0) is 115 Å². The van der Waals surface area contributed by atoms with E-state index >= 15 is 0 Å². The van der Waals surface area contributed by atoms with Gasteiger partial charge in [-0.2, -0.15) is 0 Å². The summed E-state index contributed by atoms with van der Waals surface area (Å²) in [6.07, 6.45) is 0. The molecule has 2 rings (SSSR count). The van der Waals surface area contributed by atoms with Crippen molar-refractivity contribution in [1.29, 1.82) is 0 Å². The number of halogens is 2. The topological polar surface area (TPSA) is 0 Å². The van der Waals surface area contributed by atoms with Crippen LogP contribution in [0.5, 0.6) is 0 Å². The van der Waals surface area contributed by atoms with Crippen LogP contribution < -0.4 is 10.9 Å². The molecule has 0 N–H and O–H groups in total. The zero-order valence-electron chi connectivity index (χ0n) is 13.9. The van der Waals surface area contributed by atoms with Crippen LogP contribution in [0.4, 0.5) is 0 Å². The average molecular weight is 510 g/mol. The molecule has 0 aliphatic heterocycles. The predicted octanol–water partition coefficient (Wildman–Crippen LogP) is 4.00. The minimum atomic E-state index is 0.805. The second-order valence-electron chi connectivity index (χ2n) is 5.96. The molecular formula is C18H18B2I2. The van der Waals surface area contributed by atoms with Gasteiger partial charge in [0.1, 0.15) is 15.7 Å². The van der Waals surface area contributed by atoms with E-state index in [1.807, 2.05) is 0 Å². The summed E-state index contributed by atoms with van der Waals surface area (Å²) in [7, 11) is 12.9. The summed E-state index contributed by atoms with van der Waals surface area (Å²) in [5.41, 5.74) is 11.2. The standard InChI is InChI=1S/C18H18B2I2/c1-7-9(3)15(19)13(16(20)10(7)4)14-17(21)11(5)8(2)12(6)18(14)22/h1-6H3. The van der Waals surface area contributed by atoms with E-state index in [0.29, 0.717) is 0 Å². The maximum atomic E-state index is 6.47. The molecule has 4 heteroatoms. The van der Waals surface area contributed by atoms with Crippen LogP contribution in [-0.4, -0.2) is 15.7 Å². The second-order valence-corrected chi connectivity index (χ2v) is 8.11. The van der Waals surface area contributed by atoms with Gasteiger partial charge in [0.2, 0.25) is 0 Å². The molecule has 0 spiro atoms. The molecule has 0 amide bonds. The normalized spacial score (nSPS) is 11.1. The second kappa shape index (κ2) is 6.50. The van der Waals surface area contributed by atoms with Crippen LogP contribution in [0.3, 0.4) is 0 Å². The Bertz CT molecular complexity index is 667. The first-order valence-corrected chi connectivity index (χ1v) is 9.36. The molecule has 2 aromatic rings. The molecule has 0 saturated heterocycles. The predicted molar refractivity (Wildman–Crippen MR) is 117 cm³/mol. The van der Waals surface area contributed by atoms with Crippen LogP contribution in [0.1, 0.15) is 33.4 Å². The Morgan fingerprint density at radius 2 is 0.818 bits per heavy atom. The van der Waals surface area contributed by atoms with Crippen molar-refractivity contribution in [3.63, 3.8) is 0 Å². The lowest BCUT2D eigenvalue weighted by Crippen LogP contribution is -2.27. The fraction of sp³-hybridized carbons (Fsp3) is 0.333. The maximum absolute atomic E-state index is 6.47. The van der Waals surface area contributed by atoms with Gasteiger partial charge in [-0.25, -0.2) is 0 Å². The Morgan fingerprint density at radius 1 is 0.500 bits per heavy atom. The lowest BCUT2D eigenvalue weighted by Gasteiger charge is -2.24. The van der Waals surface area contributed by atoms with Gasteiger partial charge < -0.3 is 0 Å². The van der Waals surface area contributed by atoms with Gasteiger partial charge in [0.25, 0.3) is 0 Å². The molecule has 2 aromatic carbocycles. The molecular weight excluding hydrogens is 492 g/mol. The van der Waals surface area contributed by atoms with E-state index < -0.39 is 0 Å². The highest BCUT2D eigenvalue weighted by Crippen LogP contribution is 2.36. The molecule has 0 heterocycles. The highest BCUT2D eigenvalue weighted by molar-refractivity contribution is 14.1. The Kier molecular flexibility index (Phi) is 5.43. The van der Waals surface area contributed by atoms with Gasteiger partial charge in [0, 0.05) is 12.7 Å². The van der Waals surface area contributed by atoms with Crippen LogP contribution in [0, 0.1) is 48.7 Å². The van der Waals surface area contributed by atoms with Gasteiger partial charge in [0.05, 0.1) is 0 Å². The fourth-order valence-corrected chi connectivity index (χ4v) is 5.18. The Balaban J connectivity index is 3.03. The third-order valence-electron chi connectivity index (χ3n) is 4.94. The van der Waals surface area contributed by atoms with Crippen molar-refractivity contribution in [2.45, 2.75) is 41.5 Å². The zero-order chi connectivity index (χ0) is 16.9. The minimum absolute atomic E-state index is 0.805. The summed E-state index contributed by atoms with van der Waals surface area (Å²) < 4.78 is 2.48. The third kappa shape index (κ3) is 2.68. The van der Waals surface area contributed by atoms with Gasteiger partial charge in [-0.15, -0.1) is 0 Å². The Labute approximate surface area is 164 Å². The summed E-state index contributed by atoms with van der Waals surface area (Å²) in [4.78, 5) is 0. The lowest BCUT2D eigenvalue weighted by atomic mass is 9.71. The first kappa shape index (κ1) is 18.4. The number of hydrogen-bond acceptors (Lipinski definition) is 0. The van der Waals surface area contributed by atoms with Gasteiger partial charge in [-0.3, -0.25) is 0 Å². The van der Waals surface area contributed by atoms with Crippen LogP contribution in [-0.2, 0) is 0 Å². The smallest absolute Gasteiger partial charge is 0.0864 e. The van der Waals surface area contributed by atoms with Crippen molar-refractivity contribution in [3.05, 3.63) is 40.5 Å². The molecule has 4 radical (unpaired) electrons. The van der Waals surface area contributed by atoms with E-state index in [4.69, 9.17) is 15.7 Å². The van der Waals surface area contributed by atoms with Crippen LogP contribution >= 0.6 is 45.2 Å². The zero-order valence-corrected chi connectivity index (χ0v) is 18.2. The van der Waals surface area contributed by atoms with Gasteiger partial charge >= 0.3 is 0 Å². The monoisotopic (exact) mass is 510 g/mol. The van der Waals surface area contributed by atoms with Crippen molar-refractivity contribution in [2.24, 2.45) is 0 Å². The summed E-state index contributed by atoms with van der Waals surface area (Å²) in [6, 6.07) is 0. The van der Waals surface area contributed by atoms with E-state index in [1.165, 1.54) is 35.0 Å². The SMILES string of the molecule is [B]c1c(C)c(C)c(C)c([B])c1-c1c(I)c(C)c(C)c(C)c1I. The molecule has 0 aliphatic rings. The number of rotatable bonds is 1. The maximum Gasteiger partial charge on any atom is 0.115 e. The molecule has 0 nitrogen and oxygen atoms in total. The van der Waals surface area contributed by atoms with Crippen LogP contribution in [0.15, 0.2) is 0 Å². The highest BCUT2D eigenvalue weighted by atomic mass is 127. The Morgan fingerprint density at radius 3 is 1.18 bits per heavy atom. The van der Waals surface area contributed by atoms with Crippen molar-refractivity contribution >= 4 is 71.8 Å². The minimum Gasteiger partial charge on any atom is -0.0864 e. The first-order valence-electron chi connectivity index (χ1n) is 7.21. The van der Waals surface area contributed by atoms with E-state index in [1.54, 1.807) is 0 Å². The van der Waals surface area contributed by atoms with E-state index in [2.05, 4.69) is 86.7 Å². The molecule has 0 aliphatic carbocycles. The third-order valence-corrected chi connectivity index (χ3v) is 7.64. The average Bonchev–Trinajstić information content (AvgIpc) is 2.50. The summed E-state index contributed by atoms with van der Waals surface area (Å²) in [5.74, 6) is 0. The first-order chi connectivity index (χ1) is 10.1. The quantitative estimate of drug-likeness (QED) is 0.403. The van der Waals surface area contributed by atoms with E-state index in [0.717, 1.165) is 27.6 Å². The largest absolute Gasteiger partial charge is 0.115 e. The van der Waals surface area contributed by atoms with E-state index in [9.17, 15) is 0 Å². The van der Waals surface area contributed by atoms with Crippen LogP contribution in [0.25, 0.3) is 11.1 Å². The van der Waals surface area contributed by atoms with Gasteiger partial charge in [0.15, 0.2) is 0 Å². The van der Waals surface area contributed by atoms with E-state index in [-0.39, 0.29) is 0 Å². The van der Waals surface area contributed by atoms with Crippen molar-refractivity contribution in [1.82, 2.24) is 0 Å². The van der Waals surface area contributed by atoms with Crippen molar-refractivity contribution in [3.8, 4) is 11.1 Å². The molecule has 0 saturated carbocycles. The van der Waals surface area contributed by atoms with Crippen molar-refractivity contribution < 1.29 is 0 Å². The molecule has 0 unspecified atom stereocenters. The molecule has 110 valence electrons. The number of hydrogen-bond donors (Lipinski definition) is 0. The fourth-order valence-electron chi connectivity index (χ4n) is 2.78. The van der Waals surface area contributed by atoms with Gasteiger partial charge in [-0.1, -0.05) is 22.1 Å². The molecule has 0 bridgehead atoms. The highest BCUT2D eigenvalue weighted by Gasteiger charge is 2.20. The number of benzene rings is 2. The Hall–Kier alpha value is 0.0299. The molecule has 22 heavy (non-hydrogen) atoms. The molecule has 0 atom stereocenters. The van der Waals surface area contributed by atoms with Crippen molar-refractivity contribution in [2.75, 3.05) is 0 Å². The summed E-state index contributed by atoms with van der Waals surface area (Å²) in [6.45, 7) is 12.8. The summed E-state index contributed by atoms with van der Waals surface area (Å²) >= 11 is 4.85. The lowest BCUT2D eigenvalue weighted by molar-refractivity contribution is 1.23. The molecule has 0 aromatic heterocycles. The van der Waals surface area contributed by atoms with Crippen LogP contribution in [0.2, 0.25) is 0 Å². The molecule has 0 fully saturated rings. The summed E-state index contributed by atoms with van der Waals surface area (Å²) in [5, 5.41) is 0.